The highest BCUT2D eigenvalue weighted by molar-refractivity contribution is 7.67. The van der Waals surface area contributed by atoms with Crippen LogP contribution in [0.4, 0.5) is 0 Å². The number of pyridine rings is 1. The molecule has 2 atom stereocenters. The summed E-state index contributed by atoms with van der Waals surface area (Å²) in [4.78, 5) is 4.98. The molecule has 0 bridgehead atoms. The van der Waals surface area contributed by atoms with Gasteiger partial charge in [0.1, 0.15) is 5.60 Å². The first-order valence-corrected chi connectivity index (χ1v) is 9.70. The Bertz CT molecular complexity index is 667. The van der Waals surface area contributed by atoms with Gasteiger partial charge in [-0.3, -0.25) is 0 Å². The molecule has 1 aliphatic heterocycles. The van der Waals surface area contributed by atoms with E-state index < -0.39 is 0 Å². The van der Waals surface area contributed by atoms with Gasteiger partial charge in [-0.2, -0.15) is 0 Å². The Balaban J connectivity index is 2.12. The number of fused-ring (bicyclic) bond motifs is 1. The highest BCUT2D eigenvalue weighted by Gasteiger charge is 2.33. The third-order valence-corrected chi connectivity index (χ3v) is 7.49. The van der Waals surface area contributed by atoms with Crippen LogP contribution in [0.25, 0.3) is 10.8 Å². The van der Waals surface area contributed by atoms with Gasteiger partial charge in [0.2, 0.25) is 5.88 Å². The van der Waals surface area contributed by atoms with Gasteiger partial charge in [-0.15, -0.1) is 0 Å². The number of hydrogen-bond acceptors (Lipinski definition) is 2. The van der Waals surface area contributed by atoms with E-state index in [-0.39, 0.29) is 13.5 Å². The number of nitrogens with zero attached hydrogens (tertiary/aromatic N) is 1. The zero-order valence-electron chi connectivity index (χ0n) is 14.3. The van der Waals surface area contributed by atoms with E-state index in [9.17, 15) is 0 Å². The number of hydrogen-bond donors (Lipinski definition) is 0. The van der Waals surface area contributed by atoms with Crippen LogP contribution in [0.3, 0.4) is 0 Å². The van der Waals surface area contributed by atoms with Crippen molar-refractivity contribution < 1.29 is 4.74 Å². The van der Waals surface area contributed by atoms with Crippen LogP contribution in [-0.2, 0) is 0 Å². The molecule has 3 heteroatoms. The smallest absolute Gasteiger partial charge is 0.222 e. The summed E-state index contributed by atoms with van der Waals surface area (Å²) < 4.78 is 6.18. The highest BCUT2D eigenvalue weighted by atomic mass is 31.1. The molecule has 2 heterocycles. The molecule has 0 aliphatic carbocycles. The Hall–Kier alpha value is -1.14. The molecule has 1 aromatic carbocycles. The first-order chi connectivity index (χ1) is 10.3. The van der Waals surface area contributed by atoms with Crippen LogP contribution < -0.4 is 10.2 Å². The Morgan fingerprint density at radius 1 is 1.09 bits per heavy atom. The molecule has 1 fully saturated rings. The molecule has 2 nitrogen and oxygen atoms in total. The Morgan fingerprint density at radius 3 is 2.36 bits per heavy atom. The predicted molar refractivity (Wildman–Crippen MR) is 96.8 cm³/mol. The zero-order chi connectivity index (χ0) is 15.9. The fourth-order valence-electron chi connectivity index (χ4n) is 3.30. The lowest BCUT2D eigenvalue weighted by molar-refractivity contribution is 0.127. The van der Waals surface area contributed by atoms with Crippen molar-refractivity contribution in [1.82, 2.24) is 4.98 Å². The molecule has 0 unspecified atom stereocenters. The molecule has 0 saturated carbocycles. The average Bonchev–Trinajstić information content (AvgIpc) is 2.76. The summed E-state index contributed by atoms with van der Waals surface area (Å²) in [7, 11) is -0.185. The molecule has 0 amide bonds. The van der Waals surface area contributed by atoms with E-state index in [1.807, 2.05) is 0 Å². The van der Waals surface area contributed by atoms with E-state index in [0.29, 0.717) is 0 Å². The van der Waals surface area contributed by atoms with Crippen molar-refractivity contribution in [3.05, 3.63) is 30.3 Å². The topological polar surface area (TPSA) is 22.1 Å². The van der Waals surface area contributed by atoms with Crippen molar-refractivity contribution >= 4 is 24.1 Å². The normalized spacial score (nSPS) is 23.1. The second-order valence-corrected chi connectivity index (χ2v) is 10.4. The summed E-state index contributed by atoms with van der Waals surface area (Å²) in [5.74, 6) is 0.800. The third kappa shape index (κ3) is 3.13. The van der Waals surface area contributed by atoms with Gasteiger partial charge in [0.15, 0.2) is 0 Å². The van der Waals surface area contributed by atoms with Gasteiger partial charge in [-0.05, 0) is 70.4 Å². The van der Waals surface area contributed by atoms with Crippen molar-refractivity contribution in [3.8, 4) is 5.88 Å². The largest absolute Gasteiger partial charge is 0.471 e. The monoisotopic (exact) mass is 315 g/mol. The van der Waals surface area contributed by atoms with Crippen LogP contribution in [0.1, 0.15) is 47.5 Å². The molecule has 1 saturated heterocycles. The van der Waals surface area contributed by atoms with E-state index in [4.69, 9.17) is 9.72 Å². The Kier molecular flexibility index (Phi) is 4.16. The van der Waals surface area contributed by atoms with E-state index in [1.165, 1.54) is 23.7 Å². The van der Waals surface area contributed by atoms with E-state index >= 15 is 0 Å². The van der Waals surface area contributed by atoms with Gasteiger partial charge in [-0.1, -0.05) is 32.0 Å². The van der Waals surface area contributed by atoms with E-state index in [1.54, 1.807) is 0 Å². The minimum atomic E-state index is -0.228. The van der Waals surface area contributed by atoms with Gasteiger partial charge < -0.3 is 4.74 Å². The SMILES string of the molecule is C[C@@H]1CC[C@@H](C)P1c1cc2ccccc2c(OC(C)(C)C)n1. The molecule has 0 N–H and O–H groups in total. The lowest BCUT2D eigenvalue weighted by atomic mass is 10.1. The van der Waals surface area contributed by atoms with E-state index in [0.717, 1.165) is 22.6 Å². The molecular formula is C19H26NOP. The second-order valence-electron chi connectivity index (χ2n) is 7.40. The minimum Gasteiger partial charge on any atom is -0.471 e. The highest BCUT2D eigenvalue weighted by Crippen LogP contribution is 2.54. The summed E-state index contributed by atoms with van der Waals surface area (Å²) >= 11 is 0. The van der Waals surface area contributed by atoms with E-state index in [2.05, 4.69) is 65.0 Å². The Labute approximate surface area is 135 Å². The van der Waals surface area contributed by atoms with Gasteiger partial charge in [0.05, 0.1) is 5.44 Å². The van der Waals surface area contributed by atoms with Crippen LogP contribution in [0.15, 0.2) is 30.3 Å². The minimum absolute atomic E-state index is 0.185. The summed E-state index contributed by atoms with van der Waals surface area (Å²) in [6, 6.07) is 10.8. The molecule has 3 rings (SSSR count). The first-order valence-electron chi connectivity index (χ1n) is 8.22. The van der Waals surface area contributed by atoms with Crippen LogP contribution in [-0.4, -0.2) is 21.9 Å². The first kappa shape index (κ1) is 15.7. The number of benzene rings is 1. The molecule has 1 aromatic heterocycles. The molecule has 2 aromatic rings. The number of rotatable bonds is 2. The fourth-order valence-corrected chi connectivity index (χ4v) is 6.42. The molecule has 1 aliphatic rings. The maximum Gasteiger partial charge on any atom is 0.222 e. The number of ether oxygens (including phenoxy) is 1. The van der Waals surface area contributed by atoms with Gasteiger partial charge in [0.25, 0.3) is 0 Å². The lowest BCUT2D eigenvalue weighted by Crippen LogP contribution is -2.25. The lowest BCUT2D eigenvalue weighted by Gasteiger charge is -2.25. The molecule has 0 radical (unpaired) electrons. The number of aromatic nitrogens is 1. The maximum absolute atomic E-state index is 6.18. The second kappa shape index (κ2) is 5.81. The molecule has 118 valence electrons. The summed E-state index contributed by atoms with van der Waals surface area (Å²) in [5, 5.41) is 2.37. The fraction of sp³-hybridized carbons (Fsp3) is 0.526. The van der Waals surface area contributed by atoms with Crippen LogP contribution in [0.5, 0.6) is 5.88 Å². The van der Waals surface area contributed by atoms with Gasteiger partial charge in [0, 0.05) is 5.39 Å². The molecule has 0 spiro atoms. The Morgan fingerprint density at radius 2 is 1.73 bits per heavy atom. The summed E-state index contributed by atoms with van der Waals surface area (Å²) in [6.07, 6.45) is 2.66. The van der Waals surface area contributed by atoms with Crippen molar-refractivity contribution in [1.29, 1.82) is 0 Å². The van der Waals surface area contributed by atoms with Crippen LogP contribution in [0.2, 0.25) is 0 Å². The predicted octanol–water partition coefficient (Wildman–Crippen LogP) is 5.09. The standard InChI is InChI=1S/C19H26NOP/c1-13-10-11-14(2)22(13)17-12-15-8-6-7-9-16(15)18(20-17)21-19(3,4)5/h6-9,12-14H,10-11H2,1-5H3/t13-,14-/m1/s1. The summed E-state index contributed by atoms with van der Waals surface area (Å²) in [5.41, 5.74) is 2.57. The van der Waals surface area contributed by atoms with Crippen LogP contribution >= 0.6 is 7.92 Å². The molecular weight excluding hydrogens is 289 g/mol. The van der Waals surface area contributed by atoms with Crippen molar-refractivity contribution in [2.75, 3.05) is 0 Å². The van der Waals surface area contributed by atoms with Gasteiger partial charge in [-0.25, -0.2) is 4.98 Å². The van der Waals surface area contributed by atoms with Crippen molar-refractivity contribution in [2.24, 2.45) is 0 Å². The van der Waals surface area contributed by atoms with Crippen molar-refractivity contribution in [2.45, 2.75) is 64.4 Å². The quantitative estimate of drug-likeness (QED) is 0.720. The van der Waals surface area contributed by atoms with Gasteiger partial charge >= 0.3 is 0 Å². The van der Waals surface area contributed by atoms with Crippen molar-refractivity contribution in [3.63, 3.8) is 0 Å². The molecule has 22 heavy (non-hydrogen) atoms. The maximum atomic E-state index is 6.18. The van der Waals surface area contributed by atoms with Crippen LogP contribution in [0, 0.1) is 0 Å². The average molecular weight is 315 g/mol. The summed E-state index contributed by atoms with van der Waals surface area (Å²) in [6.45, 7) is 11.0. The third-order valence-electron chi connectivity index (χ3n) is 4.31. The zero-order valence-corrected chi connectivity index (χ0v) is 15.2.